The van der Waals surface area contributed by atoms with Crippen molar-refractivity contribution < 1.29 is 13.2 Å². The minimum absolute atomic E-state index is 0.115. The molecule has 0 bridgehead atoms. The number of hydrogen-bond acceptors (Lipinski definition) is 3. The minimum atomic E-state index is -3.60. The van der Waals surface area contributed by atoms with Crippen molar-refractivity contribution >= 4 is 44.8 Å². The fraction of sp³-hybridized carbons (Fsp3) is 0.353. The van der Waals surface area contributed by atoms with Gasteiger partial charge >= 0.3 is 0 Å². The fourth-order valence-electron chi connectivity index (χ4n) is 2.93. The Labute approximate surface area is 162 Å². The van der Waals surface area contributed by atoms with Crippen LogP contribution in [0, 0.1) is 0 Å². The van der Waals surface area contributed by atoms with E-state index in [9.17, 15) is 13.2 Å². The molecule has 0 radical (unpaired) electrons. The first-order chi connectivity index (χ1) is 12.3. The van der Waals surface area contributed by atoms with Gasteiger partial charge in [-0.25, -0.2) is 8.42 Å². The highest BCUT2D eigenvalue weighted by atomic mass is 35.5. The summed E-state index contributed by atoms with van der Waals surface area (Å²) in [6, 6.07) is 6.12. The summed E-state index contributed by atoms with van der Waals surface area (Å²) in [5, 5.41) is 3.45. The number of hydrogen-bond donors (Lipinski definition) is 1. The van der Waals surface area contributed by atoms with Crippen LogP contribution in [-0.2, 0) is 17.1 Å². The molecule has 1 aliphatic rings. The first-order valence-electron chi connectivity index (χ1n) is 8.22. The van der Waals surface area contributed by atoms with E-state index >= 15 is 0 Å². The van der Waals surface area contributed by atoms with Gasteiger partial charge in [-0.15, -0.1) is 0 Å². The van der Waals surface area contributed by atoms with Gasteiger partial charge in [-0.3, -0.25) is 4.79 Å². The molecule has 1 aromatic heterocycles. The molecule has 2 aromatic rings. The van der Waals surface area contributed by atoms with Crippen LogP contribution >= 0.6 is 23.2 Å². The lowest BCUT2D eigenvalue weighted by Crippen LogP contribution is -2.35. The van der Waals surface area contributed by atoms with E-state index < -0.39 is 15.9 Å². The molecule has 1 amide bonds. The Morgan fingerprint density at radius 3 is 2.50 bits per heavy atom. The average molecular weight is 416 g/mol. The van der Waals surface area contributed by atoms with Crippen molar-refractivity contribution in [2.75, 3.05) is 18.4 Å². The molecular weight excluding hydrogens is 397 g/mol. The quantitative estimate of drug-likeness (QED) is 0.825. The van der Waals surface area contributed by atoms with Gasteiger partial charge in [0.05, 0.1) is 10.7 Å². The van der Waals surface area contributed by atoms with Gasteiger partial charge in [0.1, 0.15) is 10.6 Å². The van der Waals surface area contributed by atoms with E-state index in [1.165, 1.54) is 27.2 Å². The highest BCUT2D eigenvalue weighted by molar-refractivity contribution is 7.89. The molecule has 3 rings (SSSR count). The standard InChI is InChI=1S/C17H19Cl2N3O3S/c1-21-11-13(26(24,25)22-7-3-2-4-8-22)10-16(21)17(23)20-15-9-12(18)5-6-14(15)19/h5-6,9-11H,2-4,7-8H2,1H3,(H,20,23). The number of piperidine rings is 1. The zero-order valence-electron chi connectivity index (χ0n) is 14.2. The molecule has 1 aromatic carbocycles. The van der Waals surface area contributed by atoms with Crippen LogP contribution in [0.1, 0.15) is 29.8 Å². The maximum absolute atomic E-state index is 12.8. The van der Waals surface area contributed by atoms with Crippen molar-refractivity contribution in [3.63, 3.8) is 0 Å². The molecule has 1 N–H and O–H groups in total. The molecular formula is C17H19Cl2N3O3S. The van der Waals surface area contributed by atoms with Gasteiger partial charge < -0.3 is 9.88 Å². The van der Waals surface area contributed by atoms with Crippen LogP contribution in [0.25, 0.3) is 0 Å². The summed E-state index contributed by atoms with van der Waals surface area (Å²) >= 11 is 12.0. The lowest BCUT2D eigenvalue weighted by molar-refractivity contribution is 0.101. The zero-order valence-corrected chi connectivity index (χ0v) is 16.5. The maximum Gasteiger partial charge on any atom is 0.272 e. The van der Waals surface area contributed by atoms with Crippen LogP contribution in [0.15, 0.2) is 35.4 Å². The minimum Gasteiger partial charge on any atom is -0.345 e. The molecule has 1 saturated heterocycles. The molecule has 26 heavy (non-hydrogen) atoms. The van der Waals surface area contributed by atoms with Gasteiger partial charge in [-0.1, -0.05) is 29.6 Å². The van der Waals surface area contributed by atoms with E-state index in [2.05, 4.69) is 5.32 Å². The number of halogens is 2. The van der Waals surface area contributed by atoms with Gasteiger partial charge in [0, 0.05) is 31.4 Å². The Morgan fingerprint density at radius 2 is 1.81 bits per heavy atom. The van der Waals surface area contributed by atoms with Gasteiger partial charge in [-0.05, 0) is 37.1 Å². The van der Waals surface area contributed by atoms with E-state index in [0.29, 0.717) is 28.8 Å². The van der Waals surface area contributed by atoms with Crippen LogP contribution in [-0.4, -0.2) is 36.3 Å². The summed E-state index contributed by atoms with van der Waals surface area (Å²) < 4.78 is 28.5. The van der Waals surface area contributed by atoms with Crippen LogP contribution in [0.2, 0.25) is 10.0 Å². The Morgan fingerprint density at radius 1 is 1.12 bits per heavy atom. The third-order valence-electron chi connectivity index (χ3n) is 4.34. The SMILES string of the molecule is Cn1cc(S(=O)(=O)N2CCCCC2)cc1C(=O)Nc1cc(Cl)ccc1Cl. The van der Waals surface area contributed by atoms with E-state index in [4.69, 9.17) is 23.2 Å². The molecule has 9 heteroatoms. The van der Waals surface area contributed by atoms with E-state index in [1.54, 1.807) is 19.2 Å². The van der Waals surface area contributed by atoms with Crippen LogP contribution in [0.5, 0.6) is 0 Å². The molecule has 0 aliphatic carbocycles. The van der Waals surface area contributed by atoms with E-state index in [0.717, 1.165) is 19.3 Å². The third-order valence-corrected chi connectivity index (χ3v) is 6.77. The Balaban J connectivity index is 1.85. The van der Waals surface area contributed by atoms with Gasteiger partial charge in [0.2, 0.25) is 10.0 Å². The lowest BCUT2D eigenvalue weighted by Gasteiger charge is -2.25. The van der Waals surface area contributed by atoms with Crippen molar-refractivity contribution in [1.82, 2.24) is 8.87 Å². The number of sulfonamides is 1. The number of carbonyl (C=O) groups excluding carboxylic acids is 1. The molecule has 0 saturated carbocycles. The molecule has 0 atom stereocenters. The highest BCUT2D eigenvalue weighted by Crippen LogP contribution is 2.27. The first-order valence-corrected chi connectivity index (χ1v) is 10.4. The van der Waals surface area contributed by atoms with Crippen molar-refractivity contribution in [3.8, 4) is 0 Å². The normalized spacial score (nSPS) is 15.8. The summed E-state index contributed by atoms with van der Waals surface area (Å²) in [5.41, 5.74) is 0.586. The molecule has 0 unspecified atom stereocenters. The third kappa shape index (κ3) is 3.91. The number of nitrogens with one attached hydrogen (secondary N) is 1. The Hall–Kier alpha value is -1.54. The molecule has 1 fully saturated rings. The van der Waals surface area contributed by atoms with Crippen molar-refractivity contribution in [1.29, 1.82) is 0 Å². The highest BCUT2D eigenvalue weighted by Gasteiger charge is 2.28. The summed E-state index contributed by atoms with van der Waals surface area (Å²) in [5.74, 6) is -0.461. The number of amides is 1. The van der Waals surface area contributed by atoms with Crippen LogP contribution in [0.4, 0.5) is 5.69 Å². The smallest absolute Gasteiger partial charge is 0.272 e. The number of benzene rings is 1. The average Bonchev–Trinajstić information content (AvgIpc) is 3.01. The molecule has 140 valence electrons. The predicted octanol–water partition coefficient (Wildman–Crippen LogP) is 3.76. The molecule has 6 nitrogen and oxygen atoms in total. The van der Waals surface area contributed by atoms with Crippen LogP contribution in [0.3, 0.4) is 0 Å². The lowest BCUT2D eigenvalue weighted by atomic mass is 10.2. The summed E-state index contributed by atoms with van der Waals surface area (Å²) in [6.45, 7) is 1.02. The first kappa shape index (κ1) is 19.2. The van der Waals surface area contributed by atoms with Crippen LogP contribution < -0.4 is 5.32 Å². The molecule has 2 heterocycles. The van der Waals surface area contributed by atoms with E-state index in [-0.39, 0.29) is 10.6 Å². The van der Waals surface area contributed by atoms with Gasteiger partial charge in [-0.2, -0.15) is 4.31 Å². The fourth-order valence-corrected chi connectivity index (χ4v) is 4.86. The zero-order chi connectivity index (χ0) is 18.9. The Bertz CT molecular complexity index is 935. The summed E-state index contributed by atoms with van der Waals surface area (Å²) in [7, 11) is -1.97. The monoisotopic (exact) mass is 415 g/mol. The number of aryl methyl sites for hydroxylation is 1. The summed E-state index contributed by atoms with van der Waals surface area (Å²) in [6.07, 6.45) is 4.20. The van der Waals surface area contributed by atoms with E-state index in [1.807, 2.05) is 0 Å². The number of anilines is 1. The van der Waals surface area contributed by atoms with Crippen molar-refractivity contribution in [2.24, 2.45) is 7.05 Å². The Kier molecular flexibility index (Phi) is 5.62. The molecule has 0 spiro atoms. The number of rotatable bonds is 4. The number of carbonyl (C=O) groups is 1. The molecule has 1 aliphatic heterocycles. The topological polar surface area (TPSA) is 71.4 Å². The second-order valence-electron chi connectivity index (χ2n) is 6.21. The van der Waals surface area contributed by atoms with Crippen molar-refractivity contribution in [2.45, 2.75) is 24.2 Å². The predicted molar refractivity (Wildman–Crippen MR) is 102 cm³/mol. The maximum atomic E-state index is 12.8. The second kappa shape index (κ2) is 7.60. The summed E-state index contributed by atoms with van der Waals surface area (Å²) in [4.78, 5) is 12.7. The van der Waals surface area contributed by atoms with Gasteiger partial charge in [0.25, 0.3) is 5.91 Å². The van der Waals surface area contributed by atoms with Gasteiger partial charge in [0.15, 0.2) is 0 Å². The number of nitrogens with zero attached hydrogens (tertiary/aromatic N) is 2. The van der Waals surface area contributed by atoms with Crippen molar-refractivity contribution in [3.05, 3.63) is 46.2 Å². The second-order valence-corrected chi connectivity index (χ2v) is 9.00. The largest absolute Gasteiger partial charge is 0.345 e. The number of aromatic nitrogens is 1.